The molecule has 0 aliphatic heterocycles. The molecule has 0 radical (unpaired) electrons. The van der Waals surface area contributed by atoms with Gasteiger partial charge >= 0.3 is 0 Å². The van der Waals surface area contributed by atoms with E-state index in [1.54, 1.807) is 13.8 Å². The Morgan fingerprint density at radius 1 is 0.792 bits per heavy atom. The first-order chi connectivity index (χ1) is 10.2. The highest BCUT2D eigenvalue weighted by Crippen LogP contribution is 2.18. The standard InChI is InChI=1S/C7H18N2O2S.C7H17NO3S/c1-7(2,5-9(3)4)6-12(8,10)11;1-7(2,5-8(3)4)6-12(9,10)11/h5-6H2,1-4H3,(H2,8,10,11);5-6H2,1-4H3,(H,9,10,11). The minimum atomic E-state index is -3.85. The summed E-state index contributed by atoms with van der Waals surface area (Å²) in [5.41, 5.74) is -0.686. The third-order valence-corrected chi connectivity index (χ3v) is 4.98. The van der Waals surface area contributed by atoms with Gasteiger partial charge in [0.25, 0.3) is 10.1 Å². The highest BCUT2D eigenvalue weighted by Gasteiger charge is 2.25. The Morgan fingerprint density at radius 2 is 1.08 bits per heavy atom. The van der Waals surface area contributed by atoms with Crippen molar-refractivity contribution in [1.29, 1.82) is 0 Å². The van der Waals surface area contributed by atoms with Gasteiger partial charge in [-0.05, 0) is 39.0 Å². The van der Waals surface area contributed by atoms with Crippen molar-refractivity contribution < 1.29 is 21.4 Å². The van der Waals surface area contributed by atoms with E-state index in [0.29, 0.717) is 13.1 Å². The molecule has 24 heavy (non-hydrogen) atoms. The second-order valence-corrected chi connectivity index (χ2v) is 11.4. The molecule has 0 aliphatic rings. The lowest BCUT2D eigenvalue weighted by Crippen LogP contribution is -2.36. The summed E-state index contributed by atoms with van der Waals surface area (Å²) in [5.74, 6) is -0.170. The average Bonchev–Trinajstić information content (AvgIpc) is 2.02. The van der Waals surface area contributed by atoms with Crippen LogP contribution < -0.4 is 5.14 Å². The Balaban J connectivity index is 0. The molecular weight excluding hydrogens is 354 g/mol. The van der Waals surface area contributed by atoms with E-state index < -0.39 is 25.6 Å². The van der Waals surface area contributed by atoms with E-state index in [-0.39, 0.29) is 16.9 Å². The van der Waals surface area contributed by atoms with Gasteiger partial charge in [0.1, 0.15) is 0 Å². The molecule has 0 saturated heterocycles. The molecule has 0 atom stereocenters. The van der Waals surface area contributed by atoms with Gasteiger partial charge in [-0.1, -0.05) is 27.7 Å². The van der Waals surface area contributed by atoms with Gasteiger partial charge in [-0.2, -0.15) is 8.42 Å². The van der Waals surface area contributed by atoms with Crippen molar-refractivity contribution in [3.63, 3.8) is 0 Å². The van der Waals surface area contributed by atoms with Crippen LogP contribution in [0.3, 0.4) is 0 Å². The van der Waals surface area contributed by atoms with Gasteiger partial charge in [-0.3, -0.25) is 4.55 Å². The van der Waals surface area contributed by atoms with Gasteiger partial charge in [-0.25, -0.2) is 13.6 Å². The number of hydrogen-bond acceptors (Lipinski definition) is 6. The van der Waals surface area contributed by atoms with Crippen molar-refractivity contribution in [2.24, 2.45) is 16.0 Å². The van der Waals surface area contributed by atoms with Gasteiger partial charge in [-0.15, -0.1) is 0 Å². The molecule has 0 bridgehead atoms. The molecule has 0 fully saturated rings. The summed E-state index contributed by atoms with van der Waals surface area (Å²) in [6.07, 6.45) is 0. The van der Waals surface area contributed by atoms with Crippen molar-refractivity contribution in [1.82, 2.24) is 9.80 Å². The van der Waals surface area contributed by atoms with E-state index in [1.165, 1.54) is 0 Å². The molecule has 3 N–H and O–H groups in total. The lowest BCUT2D eigenvalue weighted by atomic mass is 9.96. The van der Waals surface area contributed by atoms with Crippen LogP contribution in [0.25, 0.3) is 0 Å². The maximum atomic E-state index is 10.8. The summed E-state index contributed by atoms with van der Waals surface area (Å²) in [6, 6.07) is 0. The topological polar surface area (TPSA) is 121 Å². The van der Waals surface area contributed by atoms with Crippen LogP contribution in [0.15, 0.2) is 0 Å². The molecule has 0 saturated carbocycles. The molecule has 0 spiro atoms. The van der Waals surface area contributed by atoms with Crippen molar-refractivity contribution in [2.45, 2.75) is 27.7 Å². The van der Waals surface area contributed by atoms with Gasteiger partial charge in [0, 0.05) is 13.1 Å². The molecule has 0 aliphatic carbocycles. The summed E-state index contributed by atoms with van der Waals surface area (Å²) < 4.78 is 51.3. The Labute approximate surface area is 148 Å². The molecule has 0 aromatic rings. The Morgan fingerprint density at radius 3 is 1.29 bits per heavy atom. The molecule has 0 amide bonds. The van der Waals surface area contributed by atoms with Crippen molar-refractivity contribution in [3.05, 3.63) is 0 Å². The van der Waals surface area contributed by atoms with Crippen LogP contribution >= 0.6 is 0 Å². The fourth-order valence-electron chi connectivity index (χ4n) is 2.84. The normalized spacial score (nSPS) is 13.8. The largest absolute Gasteiger partial charge is 0.309 e. The van der Waals surface area contributed by atoms with E-state index in [0.717, 1.165) is 0 Å². The smallest absolute Gasteiger partial charge is 0.265 e. The van der Waals surface area contributed by atoms with E-state index >= 15 is 0 Å². The van der Waals surface area contributed by atoms with Crippen LogP contribution in [0.2, 0.25) is 0 Å². The highest BCUT2D eigenvalue weighted by molar-refractivity contribution is 7.89. The minimum absolute atomic E-state index is 0.0260. The van der Waals surface area contributed by atoms with Gasteiger partial charge in [0.15, 0.2) is 0 Å². The van der Waals surface area contributed by atoms with E-state index in [1.807, 2.05) is 51.8 Å². The van der Waals surface area contributed by atoms with E-state index in [9.17, 15) is 16.8 Å². The monoisotopic (exact) mass is 389 g/mol. The van der Waals surface area contributed by atoms with Gasteiger partial charge in [0.2, 0.25) is 10.0 Å². The summed E-state index contributed by atoms with van der Waals surface area (Å²) >= 11 is 0. The number of nitrogens with zero attached hydrogens (tertiary/aromatic N) is 2. The minimum Gasteiger partial charge on any atom is -0.309 e. The van der Waals surface area contributed by atoms with Crippen LogP contribution in [0.1, 0.15) is 27.7 Å². The number of sulfonamides is 1. The van der Waals surface area contributed by atoms with Gasteiger partial charge in [0.05, 0.1) is 11.5 Å². The number of primary sulfonamides is 1. The summed E-state index contributed by atoms with van der Waals surface area (Å²) in [5, 5.41) is 4.95. The fourth-order valence-corrected chi connectivity index (χ4v) is 5.10. The molecule has 8 nitrogen and oxygen atoms in total. The number of hydrogen-bond donors (Lipinski definition) is 2. The highest BCUT2D eigenvalue weighted by atomic mass is 32.2. The quantitative estimate of drug-likeness (QED) is 0.574. The Kier molecular flexibility index (Phi) is 10.2. The molecular formula is C14H35N3O5S2. The first-order valence-electron chi connectivity index (χ1n) is 7.50. The number of nitrogens with two attached hydrogens (primary N) is 1. The van der Waals surface area contributed by atoms with Crippen molar-refractivity contribution in [3.8, 4) is 0 Å². The van der Waals surface area contributed by atoms with Crippen molar-refractivity contribution in [2.75, 3.05) is 52.8 Å². The molecule has 0 aromatic carbocycles. The molecule has 0 unspecified atom stereocenters. The van der Waals surface area contributed by atoms with Crippen LogP contribution in [-0.4, -0.2) is 84.0 Å². The third kappa shape index (κ3) is 19.8. The Bertz CT molecular complexity index is 515. The first kappa shape index (κ1) is 26.0. The zero-order valence-electron chi connectivity index (χ0n) is 16.2. The van der Waals surface area contributed by atoms with Crippen LogP contribution in [0.5, 0.6) is 0 Å². The molecule has 148 valence electrons. The summed E-state index contributed by atoms with van der Waals surface area (Å²) in [4.78, 5) is 3.84. The van der Waals surface area contributed by atoms with Crippen LogP contribution in [-0.2, 0) is 20.1 Å². The molecule has 0 heterocycles. The number of rotatable bonds is 8. The molecule has 0 aromatic heterocycles. The zero-order valence-corrected chi connectivity index (χ0v) is 17.8. The zero-order chi connectivity index (χ0) is 20.0. The molecule has 10 heteroatoms. The first-order valence-corrected chi connectivity index (χ1v) is 10.8. The SMILES string of the molecule is CN(C)CC(C)(C)CS(=O)(=O)O.CN(C)CC(C)(C)CS(N)(=O)=O. The lowest BCUT2D eigenvalue weighted by molar-refractivity contribution is 0.261. The predicted molar refractivity (Wildman–Crippen MR) is 99.1 cm³/mol. The van der Waals surface area contributed by atoms with E-state index in [2.05, 4.69) is 0 Å². The predicted octanol–water partition coefficient (Wildman–Crippen LogP) is 0.325. The van der Waals surface area contributed by atoms with Crippen molar-refractivity contribution >= 4 is 20.1 Å². The second-order valence-electron chi connectivity index (χ2n) is 8.34. The van der Waals surface area contributed by atoms with E-state index in [4.69, 9.17) is 9.69 Å². The Hall–Kier alpha value is -0.260. The van der Waals surface area contributed by atoms with Crippen LogP contribution in [0.4, 0.5) is 0 Å². The lowest BCUT2D eigenvalue weighted by Gasteiger charge is -2.26. The molecule has 0 rings (SSSR count). The maximum Gasteiger partial charge on any atom is 0.265 e. The van der Waals surface area contributed by atoms with Crippen LogP contribution in [0, 0.1) is 10.8 Å². The van der Waals surface area contributed by atoms with Gasteiger partial charge < -0.3 is 9.80 Å². The maximum absolute atomic E-state index is 10.8. The summed E-state index contributed by atoms with van der Waals surface area (Å²) in [6.45, 7) is 8.73. The fraction of sp³-hybridized carbons (Fsp3) is 1.00. The second kappa shape index (κ2) is 9.44. The summed E-state index contributed by atoms with van der Waals surface area (Å²) in [7, 11) is 0.341. The third-order valence-electron chi connectivity index (χ3n) is 2.65. The average molecular weight is 390 g/mol.